The first kappa shape index (κ1) is 15.2. The van der Waals surface area contributed by atoms with Gasteiger partial charge in [0.2, 0.25) is 0 Å². The predicted molar refractivity (Wildman–Crippen MR) is 88.0 cm³/mol. The number of rotatable bonds is 4. The summed E-state index contributed by atoms with van der Waals surface area (Å²) in [5.41, 5.74) is 3.35. The van der Waals surface area contributed by atoms with Crippen molar-refractivity contribution < 1.29 is 9.53 Å². The van der Waals surface area contributed by atoms with Gasteiger partial charge in [-0.15, -0.1) is 0 Å². The summed E-state index contributed by atoms with van der Waals surface area (Å²) in [6.07, 6.45) is 8.52. The Hall–Kier alpha value is -1.32. The van der Waals surface area contributed by atoms with Crippen molar-refractivity contribution in [1.82, 2.24) is 9.78 Å². The van der Waals surface area contributed by atoms with Gasteiger partial charge in [-0.25, -0.2) is 0 Å². The Morgan fingerprint density at radius 1 is 1.17 bits per heavy atom. The molecule has 4 heteroatoms. The van der Waals surface area contributed by atoms with Crippen LogP contribution in [0.25, 0.3) is 0 Å². The zero-order valence-corrected chi connectivity index (χ0v) is 14.6. The zero-order valence-electron chi connectivity index (χ0n) is 14.6. The van der Waals surface area contributed by atoms with E-state index >= 15 is 0 Å². The summed E-state index contributed by atoms with van der Waals surface area (Å²) < 4.78 is 7.62. The highest BCUT2D eigenvalue weighted by Crippen LogP contribution is 2.60. The van der Waals surface area contributed by atoms with E-state index in [1.54, 1.807) is 0 Å². The van der Waals surface area contributed by atoms with Crippen molar-refractivity contribution >= 4 is 5.97 Å². The first-order valence-electron chi connectivity index (χ1n) is 9.09. The molecule has 0 saturated heterocycles. The summed E-state index contributed by atoms with van der Waals surface area (Å²) in [5.74, 6) is 2.63. The number of ether oxygens (including phenoxy) is 1. The largest absolute Gasteiger partial charge is 0.465 e. The van der Waals surface area contributed by atoms with Gasteiger partial charge >= 0.3 is 5.97 Å². The van der Waals surface area contributed by atoms with Crippen LogP contribution in [0.5, 0.6) is 0 Å². The minimum absolute atomic E-state index is 0.0834. The predicted octanol–water partition coefficient (Wildman–Crippen LogP) is 3.34. The van der Waals surface area contributed by atoms with E-state index in [1.165, 1.54) is 38.5 Å². The van der Waals surface area contributed by atoms with Crippen molar-refractivity contribution in [3.05, 3.63) is 17.0 Å². The summed E-state index contributed by atoms with van der Waals surface area (Å²) in [5, 5.41) is 4.39. The molecule has 0 spiro atoms. The molecular weight excluding hydrogens is 288 g/mol. The van der Waals surface area contributed by atoms with E-state index in [1.807, 2.05) is 25.6 Å². The Kier molecular flexibility index (Phi) is 3.54. The highest BCUT2D eigenvalue weighted by molar-refractivity contribution is 5.73. The van der Waals surface area contributed by atoms with E-state index < -0.39 is 0 Å². The van der Waals surface area contributed by atoms with Crippen LogP contribution in [0.4, 0.5) is 0 Å². The molecule has 4 aliphatic rings. The van der Waals surface area contributed by atoms with E-state index in [2.05, 4.69) is 5.10 Å². The lowest BCUT2D eigenvalue weighted by atomic mass is 9.50. The Bertz CT molecular complexity index is 596. The van der Waals surface area contributed by atoms with Crippen LogP contribution >= 0.6 is 0 Å². The number of esters is 1. The fraction of sp³-hybridized carbons (Fsp3) is 0.789. The summed E-state index contributed by atoms with van der Waals surface area (Å²) in [4.78, 5) is 12.4. The third kappa shape index (κ3) is 2.70. The van der Waals surface area contributed by atoms with Crippen LogP contribution < -0.4 is 0 Å². The van der Waals surface area contributed by atoms with E-state index in [0.717, 1.165) is 34.7 Å². The molecule has 4 aliphatic carbocycles. The van der Waals surface area contributed by atoms with Crippen molar-refractivity contribution in [2.24, 2.45) is 30.2 Å². The van der Waals surface area contributed by atoms with Gasteiger partial charge in [0.05, 0.1) is 18.7 Å². The molecule has 0 unspecified atom stereocenters. The lowest BCUT2D eigenvalue weighted by Gasteiger charge is -2.56. The number of hydrogen-bond donors (Lipinski definition) is 0. The molecule has 0 aliphatic heterocycles. The van der Waals surface area contributed by atoms with E-state index in [9.17, 15) is 4.79 Å². The van der Waals surface area contributed by atoms with Gasteiger partial charge in [0.25, 0.3) is 0 Å². The van der Waals surface area contributed by atoms with Gasteiger partial charge in [0, 0.05) is 23.7 Å². The minimum Gasteiger partial charge on any atom is -0.465 e. The molecule has 0 N–H and O–H groups in total. The maximum Gasteiger partial charge on any atom is 0.310 e. The minimum atomic E-state index is -0.0834. The Balaban J connectivity index is 1.38. The molecule has 1 heterocycles. The van der Waals surface area contributed by atoms with Gasteiger partial charge in [-0.3, -0.25) is 9.48 Å². The van der Waals surface area contributed by atoms with Crippen molar-refractivity contribution in [2.75, 3.05) is 6.61 Å². The van der Waals surface area contributed by atoms with Gasteiger partial charge in [0.15, 0.2) is 0 Å². The molecule has 0 radical (unpaired) electrons. The van der Waals surface area contributed by atoms with Gasteiger partial charge in [-0.2, -0.15) is 5.10 Å². The standard InChI is InChI=1S/C19H28N2O2/c1-12-17(13(2)21(3)20-12)7-18(22)23-11-19-8-14-4-15(9-19)6-16(5-14)10-19/h14-16H,4-11H2,1-3H3. The normalized spacial score (nSPS) is 34.8. The first-order valence-corrected chi connectivity index (χ1v) is 9.09. The first-order chi connectivity index (χ1) is 10.9. The van der Waals surface area contributed by atoms with Gasteiger partial charge in [-0.1, -0.05) is 0 Å². The van der Waals surface area contributed by atoms with Crippen LogP contribution in [0.2, 0.25) is 0 Å². The fourth-order valence-corrected chi connectivity index (χ4v) is 5.97. The maximum atomic E-state index is 12.4. The topological polar surface area (TPSA) is 44.1 Å². The Morgan fingerprint density at radius 2 is 1.74 bits per heavy atom. The van der Waals surface area contributed by atoms with E-state index in [-0.39, 0.29) is 5.97 Å². The van der Waals surface area contributed by atoms with Gasteiger partial charge in [0.1, 0.15) is 0 Å². The molecule has 4 bridgehead atoms. The third-order valence-electron chi connectivity index (χ3n) is 6.68. The second kappa shape index (κ2) is 5.35. The highest BCUT2D eigenvalue weighted by Gasteiger charge is 2.51. The molecule has 4 saturated carbocycles. The number of carbonyl (C=O) groups is 1. The maximum absolute atomic E-state index is 12.4. The molecule has 5 rings (SSSR count). The van der Waals surface area contributed by atoms with Crippen molar-refractivity contribution in [2.45, 2.75) is 58.8 Å². The van der Waals surface area contributed by atoms with Crippen LogP contribution in [0, 0.1) is 37.0 Å². The van der Waals surface area contributed by atoms with E-state index in [0.29, 0.717) is 18.4 Å². The number of aromatic nitrogens is 2. The lowest BCUT2D eigenvalue weighted by Crippen LogP contribution is -2.48. The van der Waals surface area contributed by atoms with Gasteiger partial charge < -0.3 is 4.74 Å². The molecule has 4 nitrogen and oxygen atoms in total. The molecule has 23 heavy (non-hydrogen) atoms. The highest BCUT2D eigenvalue weighted by atomic mass is 16.5. The van der Waals surface area contributed by atoms with Crippen molar-refractivity contribution in [3.63, 3.8) is 0 Å². The third-order valence-corrected chi connectivity index (χ3v) is 6.68. The Morgan fingerprint density at radius 3 is 2.22 bits per heavy atom. The SMILES string of the molecule is Cc1nn(C)c(C)c1CC(=O)OCC12CC3CC(CC(C3)C1)C2. The number of hydrogen-bond acceptors (Lipinski definition) is 3. The average molecular weight is 316 g/mol. The smallest absolute Gasteiger partial charge is 0.310 e. The summed E-state index contributed by atoms with van der Waals surface area (Å²) >= 11 is 0. The van der Waals surface area contributed by atoms with Crippen LogP contribution in [-0.2, 0) is 23.0 Å². The van der Waals surface area contributed by atoms with Crippen molar-refractivity contribution in [1.29, 1.82) is 0 Å². The molecule has 0 amide bonds. The number of carbonyl (C=O) groups excluding carboxylic acids is 1. The molecule has 126 valence electrons. The molecule has 1 aromatic heterocycles. The second-order valence-electron chi connectivity index (χ2n) is 8.53. The Labute approximate surface area is 138 Å². The van der Waals surface area contributed by atoms with Crippen LogP contribution in [0.3, 0.4) is 0 Å². The number of nitrogens with zero attached hydrogens (tertiary/aromatic N) is 2. The monoisotopic (exact) mass is 316 g/mol. The summed E-state index contributed by atoms with van der Waals surface area (Å²) in [7, 11) is 1.92. The lowest BCUT2D eigenvalue weighted by molar-refractivity contribution is -0.154. The van der Waals surface area contributed by atoms with E-state index in [4.69, 9.17) is 4.74 Å². The molecule has 0 atom stereocenters. The quantitative estimate of drug-likeness (QED) is 0.800. The molecular formula is C19H28N2O2. The molecule has 4 fully saturated rings. The summed E-state index contributed by atoms with van der Waals surface area (Å²) in [6, 6.07) is 0. The number of aryl methyl sites for hydroxylation is 2. The molecule has 1 aromatic rings. The van der Waals surface area contributed by atoms with Crippen LogP contribution in [-0.4, -0.2) is 22.4 Å². The fourth-order valence-electron chi connectivity index (χ4n) is 5.97. The molecule has 0 aromatic carbocycles. The zero-order chi connectivity index (χ0) is 16.2. The average Bonchev–Trinajstić information content (AvgIpc) is 2.70. The van der Waals surface area contributed by atoms with Crippen molar-refractivity contribution in [3.8, 4) is 0 Å². The van der Waals surface area contributed by atoms with Gasteiger partial charge in [-0.05, 0) is 70.1 Å². The summed E-state index contributed by atoms with van der Waals surface area (Å²) in [6.45, 7) is 4.63. The van der Waals surface area contributed by atoms with Crippen LogP contribution in [0.15, 0.2) is 0 Å². The van der Waals surface area contributed by atoms with Crippen LogP contribution in [0.1, 0.15) is 55.5 Å². The second-order valence-corrected chi connectivity index (χ2v) is 8.53.